The highest BCUT2D eigenvalue weighted by molar-refractivity contribution is 14.1. The topological polar surface area (TPSA) is 95.1 Å². The van der Waals surface area contributed by atoms with Gasteiger partial charge in [-0.15, -0.1) is 0 Å². The van der Waals surface area contributed by atoms with E-state index in [1.54, 1.807) is 19.4 Å². The van der Waals surface area contributed by atoms with E-state index in [0.29, 0.717) is 27.3 Å². The van der Waals surface area contributed by atoms with Gasteiger partial charge in [-0.2, -0.15) is 5.10 Å². The number of carbonyl (C=O) groups excluding carboxylic acids is 1. The number of nitrogens with one attached hydrogen (secondary N) is 1. The number of methoxy groups -OCH3 is 1. The molecule has 35 heavy (non-hydrogen) atoms. The summed E-state index contributed by atoms with van der Waals surface area (Å²) in [6, 6.07) is 7.83. The van der Waals surface area contributed by atoms with Gasteiger partial charge in [0.15, 0.2) is 5.69 Å². The number of aromatic nitrogens is 4. The molecule has 1 aliphatic carbocycles. The quantitative estimate of drug-likeness (QED) is 0.214. The van der Waals surface area contributed by atoms with Crippen molar-refractivity contribution >= 4 is 45.1 Å². The van der Waals surface area contributed by atoms with Crippen LogP contribution in [0.5, 0.6) is 5.75 Å². The fraction of sp³-hybridized carbons (Fsp3) is 0.385. The zero-order chi connectivity index (χ0) is 24.5. The van der Waals surface area contributed by atoms with Gasteiger partial charge in [0.1, 0.15) is 12.0 Å². The lowest BCUT2D eigenvalue weighted by Gasteiger charge is -2.30. The minimum absolute atomic E-state index is 0.188. The SMILES string of the molecule is COc1cc2nn([C@H]3CC[C@H](C(C)I)CC3)cc2cc1NC(=O)c1coc(-c2ccnc(C)c2)n1. The van der Waals surface area contributed by atoms with Crippen molar-refractivity contribution in [2.24, 2.45) is 5.92 Å². The van der Waals surface area contributed by atoms with Crippen molar-refractivity contribution in [3.05, 3.63) is 54.3 Å². The number of hydrogen-bond acceptors (Lipinski definition) is 6. The van der Waals surface area contributed by atoms with Crippen LogP contribution in [0.2, 0.25) is 0 Å². The van der Waals surface area contributed by atoms with Crippen molar-refractivity contribution in [1.82, 2.24) is 19.7 Å². The molecule has 4 aromatic rings. The molecule has 8 nitrogen and oxygen atoms in total. The Morgan fingerprint density at radius 1 is 1.26 bits per heavy atom. The van der Waals surface area contributed by atoms with Gasteiger partial charge >= 0.3 is 0 Å². The number of ether oxygens (including phenoxy) is 1. The minimum atomic E-state index is -0.373. The number of alkyl halides is 1. The zero-order valence-electron chi connectivity index (χ0n) is 20.0. The van der Waals surface area contributed by atoms with E-state index in [4.69, 9.17) is 14.3 Å². The van der Waals surface area contributed by atoms with Gasteiger partial charge < -0.3 is 14.5 Å². The second-order valence-electron chi connectivity index (χ2n) is 9.14. The third-order valence-corrected chi connectivity index (χ3v) is 7.75. The Hall–Kier alpha value is -2.95. The molecule has 5 rings (SSSR count). The van der Waals surface area contributed by atoms with Crippen LogP contribution < -0.4 is 10.1 Å². The fourth-order valence-corrected chi connectivity index (χ4v) is 5.45. The number of fused-ring (bicyclic) bond motifs is 1. The molecule has 3 heterocycles. The van der Waals surface area contributed by atoms with E-state index in [2.05, 4.69) is 55.7 Å². The Bertz CT molecular complexity index is 1350. The summed E-state index contributed by atoms with van der Waals surface area (Å²) in [6.07, 6.45) is 9.85. The standard InChI is InChI=1S/C26H28IN5O3/c1-15-10-18(8-9-28-15)26-30-23(14-35-26)25(33)29-22-11-19-13-32(31-21(19)12-24(22)34-3)20-6-4-17(5-7-20)16(2)27/h8-14,16-17,20H,4-7H2,1-3H3,(H,29,33)/t16?,17-,20-. The molecule has 182 valence electrons. The number of pyridine rings is 1. The first-order chi connectivity index (χ1) is 16.9. The molecule has 1 aromatic carbocycles. The summed E-state index contributed by atoms with van der Waals surface area (Å²) in [6.45, 7) is 4.19. The van der Waals surface area contributed by atoms with Crippen LogP contribution in [0.15, 0.2) is 47.3 Å². The Morgan fingerprint density at radius 3 is 2.77 bits per heavy atom. The molecule has 1 unspecified atom stereocenters. The third kappa shape index (κ3) is 5.05. The first-order valence-corrected chi connectivity index (χ1v) is 13.1. The molecule has 0 spiro atoms. The van der Waals surface area contributed by atoms with Crippen LogP contribution in [0.3, 0.4) is 0 Å². The van der Waals surface area contributed by atoms with E-state index in [1.807, 2.05) is 25.1 Å². The maximum Gasteiger partial charge on any atom is 0.277 e. The molecule has 1 fully saturated rings. The number of hydrogen-bond donors (Lipinski definition) is 1. The van der Waals surface area contributed by atoms with Crippen LogP contribution in [0.1, 0.15) is 54.8 Å². The number of aryl methyl sites for hydroxylation is 1. The first kappa shape index (κ1) is 23.8. The number of benzene rings is 1. The number of nitrogens with zero attached hydrogens (tertiary/aromatic N) is 4. The van der Waals surface area contributed by atoms with Gasteiger partial charge in [0, 0.05) is 39.0 Å². The molecule has 1 atom stereocenters. The molecule has 0 aliphatic heterocycles. The number of oxazole rings is 1. The summed E-state index contributed by atoms with van der Waals surface area (Å²) in [5.74, 6) is 1.34. The molecule has 1 amide bonds. The number of halogens is 1. The summed E-state index contributed by atoms with van der Waals surface area (Å²) < 4.78 is 13.9. The predicted octanol–water partition coefficient (Wildman–Crippen LogP) is 6.21. The van der Waals surface area contributed by atoms with Crippen LogP contribution in [0.25, 0.3) is 22.4 Å². The number of anilines is 1. The third-order valence-electron chi connectivity index (χ3n) is 6.74. The minimum Gasteiger partial charge on any atom is -0.494 e. The number of amides is 1. The average Bonchev–Trinajstić information content (AvgIpc) is 3.51. The van der Waals surface area contributed by atoms with Gasteiger partial charge in [0.2, 0.25) is 5.89 Å². The molecule has 3 aromatic heterocycles. The van der Waals surface area contributed by atoms with Gasteiger partial charge in [0.25, 0.3) is 5.91 Å². The number of rotatable bonds is 6. The van der Waals surface area contributed by atoms with Gasteiger partial charge in [-0.25, -0.2) is 4.98 Å². The second kappa shape index (κ2) is 9.96. The molecule has 1 aliphatic rings. The largest absolute Gasteiger partial charge is 0.494 e. The van der Waals surface area contributed by atoms with Crippen molar-refractivity contribution in [1.29, 1.82) is 0 Å². The van der Waals surface area contributed by atoms with Gasteiger partial charge in [0.05, 0.1) is 24.4 Å². The summed E-state index contributed by atoms with van der Waals surface area (Å²) in [5, 5.41) is 8.70. The Morgan fingerprint density at radius 2 is 2.06 bits per heavy atom. The van der Waals surface area contributed by atoms with Gasteiger partial charge in [-0.1, -0.05) is 29.5 Å². The lowest BCUT2D eigenvalue weighted by atomic mass is 9.84. The molecule has 1 saturated carbocycles. The van der Waals surface area contributed by atoms with E-state index in [0.717, 1.165) is 40.9 Å². The highest BCUT2D eigenvalue weighted by atomic mass is 127. The van der Waals surface area contributed by atoms with E-state index < -0.39 is 0 Å². The Labute approximate surface area is 217 Å². The van der Waals surface area contributed by atoms with Gasteiger partial charge in [-0.05, 0) is 56.7 Å². The molecule has 0 bridgehead atoms. The highest BCUT2D eigenvalue weighted by Gasteiger charge is 2.26. The van der Waals surface area contributed by atoms with Crippen LogP contribution in [0, 0.1) is 12.8 Å². The van der Waals surface area contributed by atoms with Crippen LogP contribution >= 0.6 is 22.6 Å². The monoisotopic (exact) mass is 585 g/mol. The van der Waals surface area contributed by atoms with Gasteiger partial charge in [-0.3, -0.25) is 14.5 Å². The van der Waals surface area contributed by atoms with Crippen LogP contribution in [-0.2, 0) is 0 Å². The molecular formula is C26H28IN5O3. The lowest BCUT2D eigenvalue weighted by molar-refractivity contribution is 0.102. The van der Waals surface area contributed by atoms with E-state index in [9.17, 15) is 4.79 Å². The molecule has 0 radical (unpaired) electrons. The summed E-state index contributed by atoms with van der Waals surface area (Å²) in [4.78, 5) is 21.5. The summed E-state index contributed by atoms with van der Waals surface area (Å²) in [7, 11) is 1.58. The molecule has 9 heteroatoms. The lowest BCUT2D eigenvalue weighted by Crippen LogP contribution is -2.22. The van der Waals surface area contributed by atoms with E-state index in [-0.39, 0.29) is 11.6 Å². The number of carbonyl (C=O) groups is 1. The Kier molecular flexibility index (Phi) is 6.77. The average molecular weight is 585 g/mol. The van der Waals surface area contributed by atoms with Crippen molar-refractivity contribution < 1.29 is 13.9 Å². The Balaban J connectivity index is 1.35. The fourth-order valence-electron chi connectivity index (χ4n) is 4.73. The highest BCUT2D eigenvalue weighted by Crippen LogP contribution is 2.37. The smallest absolute Gasteiger partial charge is 0.277 e. The van der Waals surface area contributed by atoms with E-state index in [1.165, 1.54) is 19.1 Å². The maximum atomic E-state index is 12.9. The van der Waals surface area contributed by atoms with Crippen LogP contribution in [-0.4, -0.2) is 36.7 Å². The first-order valence-electron chi connectivity index (χ1n) is 11.8. The predicted molar refractivity (Wildman–Crippen MR) is 143 cm³/mol. The van der Waals surface area contributed by atoms with Crippen molar-refractivity contribution in [2.45, 2.75) is 49.5 Å². The van der Waals surface area contributed by atoms with E-state index >= 15 is 0 Å². The van der Waals surface area contributed by atoms with Crippen molar-refractivity contribution in [3.63, 3.8) is 0 Å². The molecular weight excluding hydrogens is 557 g/mol. The second-order valence-corrected chi connectivity index (χ2v) is 11.1. The summed E-state index contributed by atoms with van der Waals surface area (Å²) in [5.41, 5.74) is 3.22. The van der Waals surface area contributed by atoms with Crippen LogP contribution in [0.4, 0.5) is 5.69 Å². The summed E-state index contributed by atoms with van der Waals surface area (Å²) >= 11 is 2.54. The zero-order valence-corrected chi connectivity index (χ0v) is 22.2. The maximum absolute atomic E-state index is 12.9. The molecule has 0 saturated heterocycles. The molecule has 1 N–H and O–H groups in total. The van der Waals surface area contributed by atoms with Crippen molar-refractivity contribution in [3.8, 4) is 17.2 Å². The van der Waals surface area contributed by atoms with Crippen molar-refractivity contribution in [2.75, 3.05) is 12.4 Å². The normalized spacial score (nSPS) is 19.0.